The highest BCUT2D eigenvalue weighted by atomic mass is 16.5. The van der Waals surface area contributed by atoms with Crippen LogP contribution in [0.1, 0.15) is 47.0 Å². The lowest BCUT2D eigenvalue weighted by atomic mass is 10.1. The number of hydrogen-bond donors (Lipinski definition) is 1. The highest BCUT2D eigenvalue weighted by Crippen LogP contribution is 2.23. The third kappa shape index (κ3) is 4.84. The van der Waals surface area contributed by atoms with Gasteiger partial charge in [-0.1, -0.05) is 6.92 Å². The SMILES string of the molecule is CCCOc1ccnc(N2CCCC2CNC(C)(C)C)n1. The predicted octanol–water partition coefficient (Wildman–Crippen LogP) is 2.62. The normalized spacial score (nSPS) is 19.0. The van der Waals surface area contributed by atoms with Crippen LogP contribution in [0.25, 0.3) is 0 Å². The zero-order chi connectivity index (χ0) is 15.3. The molecule has 1 fully saturated rings. The number of aromatic nitrogens is 2. The quantitative estimate of drug-likeness (QED) is 0.873. The predicted molar refractivity (Wildman–Crippen MR) is 85.9 cm³/mol. The molecule has 5 heteroatoms. The van der Waals surface area contributed by atoms with Gasteiger partial charge in [-0.15, -0.1) is 0 Å². The fourth-order valence-corrected chi connectivity index (χ4v) is 2.49. The van der Waals surface area contributed by atoms with Crippen LogP contribution >= 0.6 is 0 Å². The molecule has 0 radical (unpaired) electrons. The zero-order valence-electron chi connectivity index (χ0n) is 13.7. The van der Waals surface area contributed by atoms with Crippen LogP contribution in [-0.2, 0) is 0 Å². The second-order valence-corrected chi connectivity index (χ2v) is 6.66. The summed E-state index contributed by atoms with van der Waals surface area (Å²) in [4.78, 5) is 11.3. The van der Waals surface area contributed by atoms with Crippen LogP contribution in [0, 0.1) is 0 Å². The molecule has 2 heterocycles. The van der Waals surface area contributed by atoms with Gasteiger partial charge in [0.2, 0.25) is 11.8 Å². The van der Waals surface area contributed by atoms with Crippen molar-refractivity contribution in [1.29, 1.82) is 0 Å². The van der Waals surface area contributed by atoms with Crippen LogP contribution in [0.5, 0.6) is 5.88 Å². The maximum Gasteiger partial charge on any atom is 0.228 e. The molecule has 1 aliphatic rings. The third-order valence-corrected chi connectivity index (χ3v) is 3.57. The summed E-state index contributed by atoms with van der Waals surface area (Å²) in [5.74, 6) is 1.47. The van der Waals surface area contributed by atoms with Gasteiger partial charge in [-0.25, -0.2) is 4.98 Å². The minimum atomic E-state index is 0.140. The lowest BCUT2D eigenvalue weighted by Crippen LogP contribution is -2.45. The van der Waals surface area contributed by atoms with Gasteiger partial charge >= 0.3 is 0 Å². The Morgan fingerprint density at radius 3 is 2.95 bits per heavy atom. The van der Waals surface area contributed by atoms with Crippen molar-refractivity contribution in [2.24, 2.45) is 0 Å². The summed E-state index contributed by atoms with van der Waals surface area (Å²) in [5.41, 5.74) is 0.140. The van der Waals surface area contributed by atoms with E-state index >= 15 is 0 Å². The van der Waals surface area contributed by atoms with E-state index in [1.54, 1.807) is 6.20 Å². The van der Waals surface area contributed by atoms with E-state index in [0.29, 0.717) is 18.5 Å². The Kier molecular flexibility index (Phi) is 5.39. The van der Waals surface area contributed by atoms with Crippen molar-refractivity contribution >= 4 is 5.95 Å². The fraction of sp³-hybridized carbons (Fsp3) is 0.750. The van der Waals surface area contributed by atoms with Crippen molar-refractivity contribution in [2.75, 3.05) is 24.6 Å². The van der Waals surface area contributed by atoms with E-state index in [0.717, 1.165) is 25.5 Å². The molecule has 118 valence electrons. The number of ether oxygens (including phenoxy) is 1. The summed E-state index contributed by atoms with van der Waals surface area (Å²) in [6.45, 7) is 11.4. The second kappa shape index (κ2) is 7.07. The van der Waals surface area contributed by atoms with Crippen molar-refractivity contribution in [1.82, 2.24) is 15.3 Å². The molecule has 1 aromatic heterocycles. The Hall–Kier alpha value is -1.36. The number of anilines is 1. The van der Waals surface area contributed by atoms with E-state index in [9.17, 15) is 0 Å². The van der Waals surface area contributed by atoms with Crippen molar-refractivity contribution in [3.63, 3.8) is 0 Å². The number of rotatable bonds is 6. The number of nitrogens with one attached hydrogen (secondary N) is 1. The van der Waals surface area contributed by atoms with Gasteiger partial charge in [0.05, 0.1) is 6.61 Å². The molecular weight excluding hydrogens is 264 g/mol. The van der Waals surface area contributed by atoms with Crippen LogP contribution in [0.15, 0.2) is 12.3 Å². The van der Waals surface area contributed by atoms with Crippen LogP contribution < -0.4 is 15.0 Å². The first kappa shape index (κ1) is 16.0. The molecule has 1 aliphatic heterocycles. The van der Waals surface area contributed by atoms with Gasteiger partial charge < -0.3 is 15.0 Å². The smallest absolute Gasteiger partial charge is 0.228 e. The average Bonchev–Trinajstić information content (AvgIpc) is 2.91. The molecule has 1 saturated heterocycles. The molecule has 2 rings (SSSR count). The number of hydrogen-bond acceptors (Lipinski definition) is 5. The lowest BCUT2D eigenvalue weighted by molar-refractivity contribution is 0.304. The van der Waals surface area contributed by atoms with Gasteiger partial charge in [-0.05, 0) is 40.0 Å². The maximum atomic E-state index is 5.61. The van der Waals surface area contributed by atoms with Gasteiger partial charge in [0.25, 0.3) is 0 Å². The standard InChI is InChI=1S/C16H28N4O/c1-5-11-21-14-8-9-17-15(19-14)20-10-6-7-13(20)12-18-16(2,3)4/h8-9,13,18H,5-7,10-12H2,1-4H3. The maximum absolute atomic E-state index is 5.61. The Balaban J connectivity index is 2.02. The minimum absolute atomic E-state index is 0.140. The minimum Gasteiger partial charge on any atom is -0.478 e. The summed E-state index contributed by atoms with van der Waals surface area (Å²) in [7, 11) is 0. The van der Waals surface area contributed by atoms with Gasteiger partial charge in [0.15, 0.2) is 0 Å². The van der Waals surface area contributed by atoms with Crippen molar-refractivity contribution in [3.05, 3.63) is 12.3 Å². The summed E-state index contributed by atoms with van der Waals surface area (Å²) in [5, 5.41) is 3.58. The summed E-state index contributed by atoms with van der Waals surface area (Å²) >= 11 is 0. The van der Waals surface area contributed by atoms with Gasteiger partial charge in [-0.3, -0.25) is 0 Å². The monoisotopic (exact) mass is 292 g/mol. The van der Waals surface area contributed by atoms with Crippen molar-refractivity contribution in [3.8, 4) is 5.88 Å². The Labute approximate surface area is 128 Å². The van der Waals surface area contributed by atoms with Gasteiger partial charge in [0, 0.05) is 36.9 Å². The molecule has 5 nitrogen and oxygen atoms in total. The molecule has 1 unspecified atom stereocenters. The molecule has 0 spiro atoms. The number of nitrogens with zero attached hydrogens (tertiary/aromatic N) is 3. The van der Waals surface area contributed by atoms with Crippen LogP contribution in [0.2, 0.25) is 0 Å². The second-order valence-electron chi connectivity index (χ2n) is 6.66. The zero-order valence-corrected chi connectivity index (χ0v) is 13.7. The van der Waals surface area contributed by atoms with E-state index in [1.165, 1.54) is 12.8 Å². The van der Waals surface area contributed by atoms with Crippen molar-refractivity contribution in [2.45, 2.75) is 58.5 Å². The van der Waals surface area contributed by atoms with E-state index in [-0.39, 0.29) is 5.54 Å². The Bertz CT molecular complexity index is 444. The Morgan fingerprint density at radius 2 is 2.24 bits per heavy atom. The summed E-state index contributed by atoms with van der Waals surface area (Å²) in [6.07, 6.45) is 5.16. The lowest BCUT2D eigenvalue weighted by Gasteiger charge is -2.29. The van der Waals surface area contributed by atoms with Crippen molar-refractivity contribution < 1.29 is 4.74 Å². The van der Waals surface area contributed by atoms with Crippen LogP contribution in [0.4, 0.5) is 5.95 Å². The Morgan fingerprint density at radius 1 is 1.43 bits per heavy atom. The highest BCUT2D eigenvalue weighted by molar-refractivity contribution is 5.35. The van der Waals surface area contributed by atoms with Gasteiger partial charge in [0.1, 0.15) is 0 Å². The first-order valence-corrected chi connectivity index (χ1v) is 7.97. The topological polar surface area (TPSA) is 50.3 Å². The van der Waals surface area contributed by atoms with E-state index in [2.05, 4.69) is 47.9 Å². The molecule has 1 atom stereocenters. The average molecular weight is 292 g/mol. The van der Waals surface area contributed by atoms with Crippen LogP contribution in [-0.4, -0.2) is 41.2 Å². The third-order valence-electron chi connectivity index (χ3n) is 3.57. The molecule has 0 aliphatic carbocycles. The van der Waals surface area contributed by atoms with E-state index in [4.69, 9.17) is 4.74 Å². The van der Waals surface area contributed by atoms with Gasteiger partial charge in [-0.2, -0.15) is 4.98 Å². The molecule has 0 amide bonds. The summed E-state index contributed by atoms with van der Waals surface area (Å²) in [6, 6.07) is 2.29. The molecular formula is C16H28N4O. The molecule has 0 saturated carbocycles. The first-order valence-electron chi connectivity index (χ1n) is 7.97. The highest BCUT2D eigenvalue weighted by Gasteiger charge is 2.27. The van der Waals surface area contributed by atoms with E-state index < -0.39 is 0 Å². The van der Waals surface area contributed by atoms with Crippen LogP contribution in [0.3, 0.4) is 0 Å². The largest absolute Gasteiger partial charge is 0.478 e. The first-order chi connectivity index (χ1) is 9.99. The molecule has 1 aromatic rings. The molecule has 0 bridgehead atoms. The molecule has 21 heavy (non-hydrogen) atoms. The molecule has 1 N–H and O–H groups in total. The summed E-state index contributed by atoms with van der Waals surface area (Å²) < 4.78 is 5.61. The fourth-order valence-electron chi connectivity index (χ4n) is 2.49. The van der Waals surface area contributed by atoms with E-state index in [1.807, 2.05) is 6.07 Å². The molecule has 0 aromatic carbocycles.